The molecule has 0 N–H and O–H groups in total. The van der Waals surface area contributed by atoms with E-state index in [1.807, 2.05) is 20.2 Å². The predicted molar refractivity (Wildman–Crippen MR) is 105 cm³/mol. The standard InChI is InChI=1S/C20H29FN4O3/c1-22(2)17-14-18(26)25(20(17)27)9-5-8-23-10-12-24(13-11-23)16-7-4-6-15(21)19(16)28-3/h4,6-7,17H,5,8-14H2,1-3H3. The van der Waals surface area contributed by atoms with Crippen molar-refractivity contribution in [2.24, 2.45) is 0 Å². The van der Waals surface area contributed by atoms with Crippen molar-refractivity contribution in [2.45, 2.75) is 18.9 Å². The van der Waals surface area contributed by atoms with Crippen molar-refractivity contribution >= 4 is 17.5 Å². The number of imide groups is 1. The maximum Gasteiger partial charge on any atom is 0.247 e. The number of benzene rings is 1. The van der Waals surface area contributed by atoms with Crippen molar-refractivity contribution in [3.8, 4) is 5.75 Å². The lowest BCUT2D eigenvalue weighted by Gasteiger charge is -2.36. The number of carbonyl (C=O) groups is 2. The first kappa shape index (κ1) is 20.5. The van der Waals surface area contributed by atoms with Crippen LogP contribution in [-0.4, -0.2) is 93.0 Å². The van der Waals surface area contributed by atoms with Crippen LogP contribution in [0.15, 0.2) is 18.2 Å². The third-order valence-corrected chi connectivity index (χ3v) is 5.56. The summed E-state index contributed by atoms with van der Waals surface area (Å²) in [6.07, 6.45) is 1.04. The Bertz CT molecular complexity index is 719. The molecule has 0 radical (unpaired) electrons. The van der Waals surface area contributed by atoms with Crippen LogP contribution in [0, 0.1) is 5.82 Å². The molecule has 0 saturated carbocycles. The Kier molecular flexibility index (Phi) is 6.51. The Morgan fingerprint density at radius 1 is 1.14 bits per heavy atom. The van der Waals surface area contributed by atoms with Gasteiger partial charge in [0.15, 0.2) is 11.6 Å². The van der Waals surface area contributed by atoms with Gasteiger partial charge in [0.1, 0.15) is 0 Å². The van der Waals surface area contributed by atoms with Crippen molar-refractivity contribution in [3.63, 3.8) is 0 Å². The molecule has 2 amide bonds. The molecular formula is C20H29FN4O3. The highest BCUT2D eigenvalue weighted by molar-refractivity contribution is 6.05. The number of methoxy groups -OCH3 is 1. The molecule has 2 aliphatic rings. The van der Waals surface area contributed by atoms with E-state index >= 15 is 0 Å². The number of halogens is 1. The summed E-state index contributed by atoms with van der Waals surface area (Å²) in [5.41, 5.74) is 0.783. The second-order valence-electron chi connectivity index (χ2n) is 7.54. The molecule has 8 heteroatoms. The minimum atomic E-state index is -0.349. The van der Waals surface area contributed by atoms with Crippen LogP contribution in [0.5, 0.6) is 5.75 Å². The summed E-state index contributed by atoms with van der Waals surface area (Å²) in [6, 6.07) is 4.66. The van der Waals surface area contributed by atoms with Gasteiger partial charge in [-0.05, 0) is 39.2 Å². The van der Waals surface area contributed by atoms with Crippen molar-refractivity contribution < 1.29 is 18.7 Å². The van der Waals surface area contributed by atoms with Gasteiger partial charge in [0.25, 0.3) is 0 Å². The van der Waals surface area contributed by atoms with Crippen molar-refractivity contribution in [3.05, 3.63) is 24.0 Å². The molecule has 0 spiro atoms. The Morgan fingerprint density at radius 2 is 1.86 bits per heavy atom. The van der Waals surface area contributed by atoms with Gasteiger partial charge in [-0.3, -0.25) is 24.3 Å². The van der Waals surface area contributed by atoms with Gasteiger partial charge in [-0.15, -0.1) is 0 Å². The van der Waals surface area contributed by atoms with Gasteiger partial charge in [-0.2, -0.15) is 0 Å². The number of likely N-dealkylation sites (tertiary alicyclic amines) is 1. The third-order valence-electron chi connectivity index (χ3n) is 5.56. The maximum absolute atomic E-state index is 13.9. The minimum Gasteiger partial charge on any atom is -0.492 e. The molecule has 154 valence electrons. The van der Waals surface area contributed by atoms with Crippen LogP contribution in [0.25, 0.3) is 0 Å². The average Bonchev–Trinajstić information content (AvgIpc) is 2.97. The van der Waals surface area contributed by atoms with Crippen LogP contribution in [0.4, 0.5) is 10.1 Å². The number of hydrogen-bond acceptors (Lipinski definition) is 6. The molecule has 7 nitrogen and oxygen atoms in total. The predicted octanol–water partition coefficient (Wildman–Crippen LogP) is 1.04. The van der Waals surface area contributed by atoms with E-state index in [-0.39, 0.29) is 35.8 Å². The SMILES string of the molecule is COc1c(F)cccc1N1CCN(CCCN2C(=O)CC(N(C)C)C2=O)CC1. The molecule has 2 aliphatic heterocycles. The topological polar surface area (TPSA) is 56.3 Å². The number of carbonyl (C=O) groups excluding carboxylic acids is 2. The molecule has 0 bridgehead atoms. The van der Waals surface area contributed by atoms with E-state index < -0.39 is 0 Å². The molecule has 3 rings (SSSR count). The lowest BCUT2D eigenvalue weighted by Crippen LogP contribution is -2.47. The highest BCUT2D eigenvalue weighted by Gasteiger charge is 2.39. The number of likely N-dealkylation sites (N-methyl/N-ethyl adjacent to an activating group) is 1. The van der Waals surface area contributed by atoms with E-state index in [2.05, 4.69) is 9.80 Å². The van der Waals surface area contributed by atoms with Gasteiger partial charge in [0.2, 0.25) is 11.8 Å². The zero-order valence-electron chi connectivity index (χ0n) is 16.9. The Morgan fingerprint density at radius 3 is 2.46 bits per heavy atom. The smallest absolute Gasteiger partial charge is 0.247 e. The molecule has 28 heavy (non-hydrogen) atoms. The molecular weight excluding hydrogens is 363 g/mol. The summed E-state index contributed by atoms with van der Waals surface area (Å²) in [4.78, 5) is 32.1. The van der Waals surface area contributed by atoms with E-state index in [4.69, 9.17) is 4.74 Å². The molecule has 0 aliphatic carbocycles. The number of piperazine rings is 1. The van der Waals surface area contributed by atoms with E-state index in [0.29, 0.717) is 6.54 Å². The van der Waals surface area contributed by atoms with Crippen LogP contribution >= 0.6 is 0 Å². The Balaban J connectivity index is 1.46. The second-order valence-corrected chi connectivity index (χ2v) is 7.54. The fourth-order valence-corrected chi connectivity index (χ4v) is 3.92. The summed E-state index contributed by atoms with van der Waals surface area (Å²) >= 11 is 0. The number of ether oxygens (including phenoxy) is 1. The Hall–Kier alpha value is -2.19. The monoisotopic (exact) mass is 392 g/mol. The van der Waals surface area contributed by atoms with Crippen molar-refractivity contribution in [2.75, 3.05) is 65.4 Å². The van der Waals surface area contributed by atoms with Gasteiger partial charge in [0.05, 0.1) is 25.3 Å². The highest BCUT2D eigenvalue weighted by Crippen LogP contribution is 2.31. The van der Waals surface area contributed by atoms with Gasteiger partial charge >= 0.3 is 0 Å². The van der Waals surface area contributed by atoms with Crippen LogP contribution < -0.4 is 9.64 Å². The maximum atomic E-state index is 13.9. The van der Waals surface area contributed by atoms with Gasteiger partial charge in [-0.1, -0.05) is 6.07 Å². The van der Waals surface area contributed by atoms with Crippen LogP contribution in [-0.2, 0) is 9.59 Å². The highest BCUT2D eigenvalue weighted by atomic mass is 19.1. The Labute approximate surface area is 165 Å². The molecule has 2 fully saturated rings. The lowest BCUT2D eigenvalue weighted by atomic mass is 10.2. The van der Waals surface area contributed by atoms with Crippen molar-refractivity contribution in [1.82, 2.24) is 14.7 Å². The van der Waals surface area contributed by atoms with Crippen LogP contribution in [0.3, 0.4) is 0 Å². The second kappa shape index (κ2) is 8.87. The minimum absolute atomic E-state index is 0.0771. The fourth-order valence-electron chi connectivity index (χ4n) is 3.92. The summed E-state index contributed by atoms with van der Waals surface area (Å²) in [5, 5.41) is 0. The molecule has 1 aromatic carbocycles. The first-order chi connectivity index (χ1) is 13.4. The van der Waals surface area contributed by atoms with Gasteiger partial charge < -0.3 is 9.64 Å². The van der Waals surface area contributed by atoms with E-state index in [1.165, 1.54) is 18.1 Å². The molecule has 1 unspecified atom stereocenters. The van der Waals surface area contributed by atoms with Crippen molar-refractivity contribution in [1.29, 1.82) is 0 Å². The zero-order chi connectivity index (χ0) is 20.3. The quantitative estimate of drug-likeness (QED) is 0.647. The van der Waals surface area contributed by atoms with E-state index in [0.717, 1.165) is 44.8 Å². The number of hydrogen-bond donors (Lipinski definition) is 0. The molecule has 2 heterocycles. The van der Waals surface area contributed by atoms with E-state index in [9.17, 15) is 14.0 Å². The first-order valence-electron chi connectivity index (χ1n) is 9.72. The molecule has 1 aromatic rings. The average molecular weight is 392 g/mol. The largest absolute Gasteiger partial charge is 0.492 e. The fraction of sp³-hybridized carbons (Fsp3) is 0.600. The first-order valence-corrected chi connectivity index (χ1v) is 9.72. The molecule has 2 saturated heterocycles. The van der Waals surface area contributed by atoms with E-state index in [1.54, 1.807) is 11.0 Å². The number of nitrogens with zero attached hydrogens (tertiary/aromatic N) is 4. The summed E-state index contributed by atoms with van der Waals surface area (Å²) in [7, 11) is 5.14. The third kappa shape index (κ3) is 4.28. The number of para-hydroxylation sites is 1. The van der Waals surface area contributed by atoms with Gasteiger partial charge in [0, 0.05) is 32.7 Å². The zero-order valence-corrected chi connectivity index (χ0v) is 16.9. The van der Waals surface area contributed by atoms with Crippen LogP contribution in [0.1, 0.15) is 12.8 Å². The number of anilines is 1. The number of amides is 2. The normalized spacial score (nSPS) is 21.1. The summed E-state index contributed by atoms with van der Waals surface area (Å²) in [5.74, 6) is -0.222. The molecule has 0 aromatic heterocycles. The van der Waals surface area contributed by atoms with Gasteiger partial charge in [-0.25, -0.2) is 4.39 Å². The summed E-state index contributed by atoms with van der Waals surface area (Å²) < 4.78 is 19.1. The molecule has 1 atom stereocenters. The lowest BCUT2D eigenvalue weighted by molar-refractivity contribution is -0.139. The summed E-state index contributed by atoms with van der Waals surface area (Å²) in [6.45, 7) is 4.57. The van der Waals surface area contributed by atoms with Crippen LogP contribution in [0.2, 0.25) is 0 Å². The number of rotatable bonds is 7.